The predicted octanol–water partition coefficient (Wildman–Crippen LogP) is 3.24. The van der Waals surface area contributed by atoms with Gasteiger partial charge < -0.3 is 10.1 Å². The monoisotopic (exact) mass is 336 g/mol. The predicted molar refractivity (Wildman–Crippen MR) is 92.0 cm³/mol. The van der Waals surface area contributed by atoms with E-state index in [0.717, 1.165) is 38.8 Å². The second-order valence-corrected chi connectivity index (χ2v) is 6.87. The Hall–Kier alpha value is -1.26. The van der Waals surface area contributed by atoms with Crippen LogP contribution in [0.15, 0.2) is 24.3 Å². The number of para-hydroxylation sites is 1. The Labute approximate surface area is 143 Å². The summed E-state index contributed by atoms with van der Waals surface area (Å²) in [5.74, 6) is 0.846. The average Bonchev–Trinajstić information content (AvgIpc) is 3.24. The summed E-state index contributed by atoms with van der Waals surface area (Å²) in [6, 6.07) is 7.40. The number of hydrogen-bond acceptors (Lipinski definition) is 3. The van der Waals surface area contributed by atoms with Gasteiger partial charge in [-0.1, -0.05) is 36.6 Å². The van der Waals surface area contributed by atoms with Crippen molar-refractivity contribution in [1.82, 2.24) is 10.2 Å². The number of amides is 1. The van der Waals surface area contributed by atoms with Crippen LogP contribution in [-0.4, -0.2) is 42.6 Å². The molecule has 0 radical (unpaired) electrons. The highest BCUT2D eigenvalue weighted by atomic mass is 35.5. The molecular formula is C18H25ClN2O2. The summed E-state index contributed by atoms with van der Waals surface area (Å²) in [4.78, 5) is 15.2. The van der Waals surface area contributed by atoms with Gasteiger partial charge in [-0.25, -0.2) is 0 Å². The van der Waals surface area contributed by atoms with Gasteiger partial charge in [0, 0.05) is 0 Å². The van der Waals surface area contributed by atoms with Crippen molar-refractivity contribution >= 4 is 17.5 Å². The van der Waals surface area contributed by atoms with Gasteiger partial charge in [-0.15, -0.1) is 0 Å². The maximum atomic E-state index is 12.8. The summed E-state index contributed by atoms with van der Waals surface area (Å²) in [5, 5.41) is 3.68. The van der Waals surface area contributed by atoms with Gasteiger partial charge in [0.05, 0.1) is 11.6 Å². The standard InChI is InChI=1S/C18H25ClN2O2/c19-15-7-1-2-8-16(15)23-14-11-20-17(22)18(9-3-4-10-18)21-12-5-6-13-21/h1-2,7-8H,3-6,9-14H2,(H,20,22). The van der Waals surface area contributed by atoms with Crippen LogP contribution < -0.4 is 10.1 Å². The number of halogens is 1. The van der Waals surface area contributed by atoms with E-state index in [0.29, 0.717) is 23.9 Å². The topological polar surface area (TPSA) is 41.6 Å². The molecule has 4 nitrogen and oxygen atoms in total. The Balaban J connectivity index is 1.51. The molecule has 0 atom stereocenters. The first-order valence-electron chi connectivity index (χ1n) is 8.63. The highest BCUT2D eigenvalue weighted by Crippen LogP contribution is 2.37. The fourth-order valence-electron chi connectivity index (χ4n) is 3.84. The number of benzene rings is 1. The van der Waals surface area contributed by atoms with Crippen molar-refractivity contribution in [2.24, 2.45) is 0 Å². The van der Waals surface area contributed by atoms with Crippen molar-refractivity contribution in [3.63, 3.8) is 0 Å². The van der Waals surface area contributed by atoms with Gasteiger partial charge in [0.25, 0.3) is 0 Å². The molecule has 1 aliphatic carbocycles. The van der Waals surface area contributed by atoms with Gasteiger partial charge >= 0.3 is 0 Å². The number of likely N-dealkylation sites (tertiary alicyclic amines) is 1. The molecule has 1 aromatic carbocycles. The first-order valence-corrected chi connectivity index (χ1v) is 9.01. The lowest BCUT2D eigenvalue weighted by atomic mass is 9.94. The van der Waals surface area contributed by atoms with Gasteiger partial charge in [-0.05, 0) is 50.9 Å². The molecule has 2 fully saturated rings. The molecule has 0 spiro atoms. The largest absolute Gasteiger partial charge is 0.490 e. The van der Waals surface area contributed by atoms with E-state index in [-0.39, 0.29) is 11.4 Å². The van der Waals surface area contributed by atoms with E-state index in [9.17, 15) is 4.79 Å². The number of ether oxygens (including phenoxy) is 1. The van der Waals surface area contributed by atoms with Crippen LogP contribution in [0.3, 0.4) is 0 Å². The van der Waals surface area contributed by atoms with Gasteiger partial charge in [0.2, 0.25) is 5.91 Å². The maximum absolute atomic E-state index is 12.8. The molecule has 0 aromatic heterocycles. The molecule has 1 saturated heterocycles. The van der Waals surface area contributed by atoms with E-state index >= 15 is 0 Å². The first kappa shape index (κ1) is 16.6. The van der Waals surface area contributed by atoms with Gasteiger partial charge in [-0.3, -0.25) is 9.69 Å². The molecule has 1 amide bonds. The Kier molecular flexibility index (Phi) is 5.44. The smallest absolute Gasteiger partial charge is 0.240 e. The van der Waals surface area contributed by atoms with Crippen LogP contribution in [0.5, 0.6) is 5.75 Å². The first-order chi connectivity index (χ1) is 11.2. The normalized spacial score (nSPS) is 20.6. The third-order valence-corrected chi connectivity index (χ3v) is 5.36. The zero-order valence-corrected chi connectivity index (χ0v) is 14.3. The number of hydrogen-bond donors (Lipinski definition) is 1. The Morgan fingerprint density at radius 2 is 1.87 bits per heavy atom. The number of nitrogens with zero attached hydrogens (tertiary/aromatic N) is 1. The molecule has 23 heavy (non-hydrogen) atoms. The third kappa shape index (κ3) is 3.64. The van der Waals surface area contributed by atoms with E-state index in [2.05, 4.69) is 10.2 Å². The SMILES string of the molecule is O=C(NCCOc1ccccc1Cl)C1(N2CCCC2)CCCC1. The lowest BCUT2D eigenvalue weighted by Gasteiger charge is -2.37. The van der Waals surface area contributed by atoms with Crippen molar-refractivity contribution in [3.8, 4) is 5.75 Å². The van der Waals surface area contributed by atoms with E-state index in [1.165, 1.54) is 12.8 Å². The van der Waals surface area contributed by atoms with E-state index in [1.807, 2.05) is 18.2 Å². The van der Waals surface area contributed by atoms with Crippen LogP contribution >= 0.6 is 11.6 Å². The highest BCUT2D eigenvalue weighted by Gasteiger charge is 2.46. The summed E-state index contributed by atoms with van der Waals surface area (Å²) < 4.78 is 5.65. The summed E-state index contributed by atoms with van der Waals surface area (Å²) in [5.41, 5.74) is -0.263. The molecular weight excluding hydrogens is 312 g/mol. The van der Waals surface area contributed by atoms with Crippen molar-refractivity contribution in [2.75, 3.05) is 26.2 Å². The summed E-state index contributed by atoms with van der Waals surface area (Å²) >= 11 is 6.06. The number of rotatable bonds is 6. The molecule has 1 saturated carbocycles. The van der Waals surface area contributed by atoms with Crippen molar-refractivity contribution in [3.05, 3.63) is 29.3 Å². The number of nitrogens with one attached hydrogen (secondary N) is 1. The van der Waals surface area contributed by atoms with Crippen LogP contribution in [0, 0.1) is 0 Å². The van der Waals surface area contributed by atoms with Crippen molar-refractivity contribution < 1.29 is 9.53 Å². The molecule has 5 heteroatoms. The van der Waals surface area contributed by atoms with Crippen LogP contribution in [0.1, 0.15) is 38.5 Å². The van der Waals surface area contributed by atoms with Crippen LogP contribution in [0.2, 0.25) is 5.02 Å². The molecule has 126 valence electrons. The number of carbonyl (C=O) groups excluding carboxylic acids is 1. The average molecular weight is 337 g/mol. The zero-order valence-electron chi connectivity index (χ0n) is 13.5. The fourth-order valence-corrected chi connectivity index (χ4v) is 4.03. The molecule has 0 unspecified atom stereocenters. The minimum absolute atomic E-state index is 0.180. The van der Waals surface area contributed by atoms with Crippen LogP contribution in [-0.2, 0) is 4.79 Å². The van der Waals surface area contributed by atoms with Crippen molar-refractivity contribution in [2.45, 2.75) is 44.1 Å². The Bertz CT molecular complexity index is 538. The van der Waals surface area contributed by atoms with E-state index < -0.39 is 0 Å². The summed E-state index contributed by atoms with van der Waals surface area (Å²) in [7, 11) is 0. The Morgan fingerprint density at radius 1 is 1.17 bits per heavy atom. The minimum atomic E-state index is -0.263. The molecule has 1 aliphatic heterocycles. The lowest BCUT2D eigenvalue weighted by Crippen LogP contribution is -2.56. The summed E-state index contributed by atoms with van der Waals surface area (Å²) in [6.45, 7) is 3.07. The molecule has 1 N–H and O–H groups in total. The van der Waals surface area contributed by atoms with Crippen molar-refractivity contribution in [1.29, 1.82) is 0 Å². The van der Waals surface area contributed by atoms with Gasteiger partial charge in [0.15, 0.2) is 0 Å². The lowest BCUT2D eigenvalue weighted by molar-refractivity contribution is -0.133. The third-order valence-electron chi connectivity index (χ3n) is 5.05. The van der Waals surface area contributed by atoms with E-state index in [1.54, 1.807) is 6.07 Å². The molecule has 1 heterocycles. The second-order valence-electron chi connectivity index (χ2n) is 6.47. The quantitative estimate of drug-likeness (QED) is 0.811. The molecule has 0 bridgehead atoms. The number of carbonyl (C=O) groups is 1. The zero-order chi connectivity index (χ0) is 16.1. The minimum Gasteiger partial charge on any atom is -0.490 e. The highest BCUT2D eigenvalue weighted by molar-refractivity contribution is 6.32. The second kappa shape index (κ2) is 7.54. The fraction of sp³-hybridized carbons (Fsp3) is 0.611. The van der Waals surface area contributed by atoms with Gasteiger partial charge in [-0.2, -0.15) is 0 Å². The molecule has 3 rings (SSSR count). The van der Waals surface area contributed by atoms with Crippen LogP contribution in [0.4, 0.5) is 0 Å². The maximum Gasteiger partial charge on any atom is 0.240 e. The van der Waals surface area contributed by atoms with Gasteiger partial charge in [0.1, 0.15) is 17.9 Å². The summed E-state index contributed by atoms with van der Waals surface area (Å²) in [6.07, 6.45) is 6.71. The van der Waals surface area contributed by atoms with Crippen LogP contribution in [0.25, 0.3) is 0 Å². The Morgan fingerprint density at radius 3 is 2.57 bits per heavy atom. The molecule has 2 aliphatic rings. The molecule has 1 aromatic rings. The van der Waals surface area contributed by atoms with E-state index in [4.69, 9.17) is 16.3 Å².